The van der Waals surface area contributed by atoms with Gasteiger partial charge in [-0.05, 0) is 39.8 Å². The first-order chi connectivity index (χ1) is 17.3. The van der Waals surface area contributed by atoms with Gasteiger partial charge in [-0.2, -0.15) is 0 Å². The second-order valence-electron chi connectivity index (χ2n) is 8.39. The zero-order valence-corrected chi connectivity index (χ0v) is 22.2. The van der Waals surface area contributed by atoms with E-state index in [4.69, 9.17) is 0 Å². The molecule has 0 saturated heterocycles. The van der Waals surface area contributed by atoms with Crippen molar-refractivity contribution in [2.45, 2.75) is 45.4 Å². The topological polar surface area (TPSA) is 102 Å². The lowest BCUT2D eigenvalue weighted by Crippen LogP contribution is -2.28. The molecule has 0 spiro atoms. The number of carbonyl (C=O) groups is 2. The molecule has 36 heavy (non-hydrogen) atoms. The van der Waals surface area contributed by atoms with Crippen LogP contribution in [0.3, 0.4) is 0 Å². The van der Waals surface area contributed by atoms with E-state index < -0.39 is 0 Å². The van der Waals surface area contributed by atoms with E-state index in [1.165, 1.54) is 28.7 Å². The molecule has 4 aromatic rings. The van der Waals surface area contributed by atoms with Gasteiger partial charge in [0.2, 0.25) is 5.91 Å². The number of thioether (sulfide) groups is 1. The fourth-order valence-corrected chi connectivity index (χ4v) is 5.09. The van der Waals surface area contributed by atoms with Crippen molar-refractivity contribution < 1.29 is 9.59 Å². The average Bonchev–Trinajstić information content (AvgIpc) is 3.50. The molecule has 0 radical (unpaired) electrons. The van der Waals surface area contributed by atoms with Gasteiger partial charge in [-0.3, -0.25) is 9.59 Å². The first kappa shape index (κ1) is 25.6. The van der Waals surface area contributed by atoms with Gasteiger partial charge in [-0.25, -0.2) is 4.98 Å². The second-order valence-corrected chi connectivity index (χ2v) is 10.2. The number of benzene rings is 2. The Morgan fingerprint density at radius 1 is 1.03 bits per heavy atom. The largest absolute Gasteiger partial charge is 0.342 e. The Labute approximate surface area is 218 Å². The highest BCUT2D eigenvalue weighted by atomic mass is 32.2. The maximum atomic E-state index is 12.6. The molecule has 0 aliphatic carbocycles. The van der Waals surface area contributed by atoms with Gasteiger partial charge in [0, 0.05) is 23.1 Å². The molecule has 8 nitrogen and oxygen atoms in total. The summed E-state index contributed by atoms with van der Waals surface area (Å²) >= 11 is 2.69. The minimum atomic E-state index is -0.343. The molecule has 2 amide bonds. The van der Waals surface area contributed by atoms with E-state index in [0.717, 1.165) is 16.8 Å². The molecule has 0 aliphatic rings. The third kappa shape index (κ3) is 6.19. The second kappa shape index (κ2) is 11.5. The van der Waals surface area contributed by atoms with Crippen molar-refractivity contribution >= 4 is 40.0 Å². The molecule has 0 unspecified atom stereocenters. The van der Waals surface area contributed by atoms with Crippen LogP contribution >= 0.6 is 23.1 Å². The Hall–Kier alpha value is -3.50. The van der Waals surface area contributed by atoms with Crippen molar-refractivity contribution in [2.24, 2.45) is 0 Å². The first-order valence-electron chi connectivity index (χ1n) is 11.6. The molecule has 186 valence electrons. The molecular weight excluding hydrogens is 492 g/mol. The third-order valence-corrected chi connectivity index (χ3v) is 7.27. The molecule has 0 bridgehead atoms. The van der Waals surface area contributed by atoms with Crippen LogP contribution in [0.25, 0.3) is 11.3 Å². The van der Waals surface area contributed by atoms with Crippen LogP contribution in [-0.4, -0.2) is 37.3 Å². The molecule has 0 fully saturated rings. The lowest BCUT2D eigenvalue weighted by atomic mass is 10.1. The van der Waals surface area contributed by atoms with E-state index in [1.807, 2.05) is 74.0 Å². The summed E-state index contributed by atoms with van der Waals surface area (Å²) in [6.45, 7) is 8.49. The molecule has 1 atom stereocenters. The fraction of sp³-hybridized carbons (Fsp3) is 0.269. The van der Waals surface area contributed by atoms with Gasteiger partial charge < -0.3 is 15.2 Å². The summed E-state index contributed by atoms with van der Waals surface area (Å²) in [5, 5.41) is 17.5. The number of rotatable bonds is 9. The maximum Gasteiger partial charge on any atom is 0.251 e. The summed E-state index contributed by atoms with van der Waals surface area (Å²) < 4.78 is 1.91. The maximum absolute atomic E-state index is 12.6. The number of hydrogen-bond acceptors (Lipinski definition) is 7. The Morgan fingerprint density at radius 3 is 2.36 bits per heavy atom. The Balaban J connectivity index is 1.34. The lowest BCUT2D eigenvalue weighted by Gasteiger charge is -2.15. The summed E-state index contributed by atoms with van der Waals surface area (Å²) in [6, 6.07) is 15.2. The number of thiazole rings is 1. The van der Waals surface area contributed by atoms with Gasteiger partial charge in [0.1, 0.15) is 0 Å². The number of nitrogens with zero attached hydrogens (tertiary/aromatic N) is 4. The van der Waals surface area contributed by atoms with E-state index in [2.05, 4.69) is 25.8 Å². The number of aryl methyl sites for hydroxylation is 2. The van der Waals surface area contributed by atoms with E-state index in [1.54, 1.807) is 12.1 Å². The van der Waals surface area contributed by atoms with Crippen LogP contribution in [0.5, 0.6) is 0 Å². The van der Waals surface area contributed by atoms with E-state index >= 15 is 0 Å². The summed E-state index contributed by atoms with van der Waals surface area (Å²) in [6.07, 6.45) is 0. The van der Waals surface area contributed by atoms with Crippen LogP contribution in [0.1, 0.15) is 47.2 Å². The monoisotopic (exact) mass is 520 g/mol. The summed E-state index contributed by atoms with van der Waals surface area (Å²) in [4.78, 5) is 29.7. The molecule has 4 rings (SSSR count). The quantitative estimate of drug-likeness (QED) is 0.292. The predicted molar refractivity (Wildman–Crippen MR) is 144 cm³/mol. The van der Waals surface area contributed by atoms with Gasteiger partial charge in [-0.15, -0.1) is 21.5 Å². The fourth-order valence-electron chi connectivity index (χ4n) is 3.55. The number of carbonyl (C=O) groups excluding carboxylic acids is 2. The lowest BCUT2D eigenvalue weighted by molar-refractivity contribution is -0.113. The van der Waals surface area contributed by atoms with Gasteiger partial charge in [0.15, 0.2) is 16.1 Å². The zero-order valence-electron chi connectivity index (χ0n) is 20.6. The smallest absolute Gasteiger partial charge is 0.251 e. The summed E-state index contributed by atoms with van der Waals surface area (Å²) in [7, 11) is 0. The van der Waals surface area contributed by atoms with Crippen molar-refractivity contribution in [2.75, 3.05) is 11.1 Å². The van der Waals surface area contributed by atoms with Crippen LogP contribution in [0.15, 0.2) is 59.1 Å². The molecule has 2 heterocycles. The number of nitrogens with one attached hydrogen (secondary N) is 2. The van der Waals surface area contributed by atoms with Crippen molar-refractivity contribution in [1.29, 1.82) is 0 Å². The molecule has 2 aromatic carbocycles. The number of anilines is 1. The van der Waals surface area contributed by atoms with Crippen LogP contribution in [-0.2, 0) is 11.3 Å². The summed E-state index contributed by atoms with van der Waals surface area (Å²) in [5.41, 5.74) is 4.72. The SMILES string of the molecule is CCn1c(SCC(=O)Nc2nc(-c3ccc(C)cc3)cs2)nnc1[C@@H](C)NC(=O)c1ccc(C)cc1. The highest BCUT2D eigenvalue weighted by Crippen LogP contribution is 2.26. The minimum absolute atomic E-state index is 0.168. The highest BCUT2D eigenvalue weighted by molar-refractivity contribution is 7.99. The number of aromatic nitrogens is 4. The van der Waals surface area contributed by atoms with Crippen molar-refractivity contribution in [3.05, 3.63) is 76.4 Å². The van der Waals surface area contributed by atoms with Crippen LogP contribution < -0.4 is 10.6 Å². The molecule has 2 aromatic heterocycles. The van der Waals surface area contributed by atoms with Crippen LogP contribution in [0.2, 0.25) is 0 Å². The number of amides is 2. The Bertz CT molecular complexity index is 1350. The molecule has 10 heteroatoms. The predicted octanol–water partition coefficient (Wildman–Crippen LogP) is 5.26. The Morgan fingerprint density at radius 2 is 1.69 bits per heavy atom. The van der Waals surface area contributed by atoms with Crippen molar-refractivity contribution in [3.63, 3.8) is 0 Å². The molecule has 0 aliphatic heterocycles. The standard InChI is InChI=1S/C26H28N6O2S2/c1-5-32-23(18(4)27-24(34)20-12-8-17(3)9-13-20)30-31-26(32)36-15-22(33)29-25-28-21(14-35-25)19-10-6-16(2)7-11-19/h6-14,18H,5,15H2,1-4H3,(H,27,34)(H,28,29,33)/t18-/m1/s1. The normalized spacial score (nSPS) is 11.8. The molecule has 2 N–H and O–H groups in total. The molecular formula is C26H28N6O2S2. The van der Waals surface area contributed by atoms with Gasteiger partial charge in [0.05, 0.1) is 17.5 Å². The van der Waals surface area contributed by atoms with Crippen LogP contribution in [0.4, 0.5) is 5.13 Å². The van der Waals surface area contributed by atoms with E-state index in [9.17, 15) is 9.59 Å². The van der Waals surface area contributed by atoms with Gasteiger partial charge in [0.25, 0.3) is 5.91 Å². The first-order valence-corrected chi connectivity index (χ1v) is 13.5. The highest BCUT2D eigenvalue weighted by Gasteiger charge is 2.20. The summed E-state index contributed by atoms with van der Waals surface area (Å²) in [5.74, 6) is 0.471. The van der Waals surface area contributed by atoms with E-state index in [-0.39, 0.29) is 23.6 Å². The van der Waals surface area contributed by atoms with Crippen molar-refractivity contribution in [1.82, 2.24) is 25.1 Å². The average molecular weight is 521 g/mol. The van der Waals surface area contributed by atoms with E-state index in [0.29, 0.717) is 28.2 Å². The molecule has 0 saturated carbocycles. The van der Waals surface area contributed by atoms with Gasteiger partial charge >= 0.3 is 0 Å². The zero-order chi connectivity index (χ0) is 25.7. The Kier molecular flexibility index (Phi) is 8.17. The van der Waals surface area contributed by atoms with Gasteiger partial charge in [-0.1, -0.05) is 59.3 Å². The minimum Gasteiger partial charge on any atom is -0.342 e. The number of hydrogen-bond donors (Lipinski definition) is 2. The van der Waals surface area contributed by atoms with Crippen molar-refractivity contribution in [3.8, 4) is 11.3 Å². The third-order valence-electron chi connectivity index (χ3n) is 5.54. The van der Waals surface area contributed by atoms with Crippen LogP contribution in [0, 0.1) is 13.8 Å².